The molecule has 0 saturated carbocycles. The van der Waals surface area contributed by atoms with Crippen molar-refractivity contribution in [1.82, 2.24) is 0 Å². The van der Waals surface area contributed by atoms with Crippen LogP contribution in [0.1, 0.15) is 32.6 Å². The van der Waals surface area contributed by atoms with Crippen molar-refractivity contribution < 1.29 is 43.9 Å². The maximum atomic E-state index is 10.3. The standard InChI is InChI=1S/C7H18NO3P.2Na/c1-2-3-4-7(8)5-6-12(9,10)11;;/h7H,2-6,8H2,1H3,(H2,9,10,11);;/q;;+1/p-1. The molecule has 3 N–H and O–H groups in total. The number of nitrogens with two attached hydrogens (primary N) is 1. The van der Waals surface area contributed by atoms with Gasteiger partial charge in [-0.25, -0.2) is 0 Å². The van der Waals surface area contributed by atoms with Gasteiger partial charge in [0.25, 0.3) is 0 Å². The molecular weight excluding hydrogens is 223 g/mol. The summed E-state index contributed by atoms with van der Waals surface area (Å²) in [5.74, 6) is 0. The molecule has 0 amide bonds. The Bertz CT molecular complexity index is 165. The van der Waals surface area contributed by atoms with Crippen LogP contribution in [0.25, 0.3) is 0 Å². The molecule has 14 heavy (non-hydrogen) atoms. The monoisotopic (exact) mass is 240 g/mol. The molecular formula is C7H17NNa2O3P. The van der Waals surface area contributed by atoms with Crippen molar-refractivity contribution in [2.75, 3.05) is 6.16 Å². The Morgan fingerprint density at radius 3 is 2.36 bits per heavy atom. The molecule has 75 valence electrons. The van der Waals surface area contributed by atoms with Gasteiger partial charge in [0.2, 0.25) is 0 Å². The van der Waals surface area contributed by atoms with Gasteiger partial charge in [0.05, 0.1) is 0 Å². The van der Waals surface area contributed by atoms with E-state index in [9.17, 15) is 9.46 Å². The van der Waals surface area contributed by atoms with Crippen LogP contribution in [0.3, 0.4) is 0 Å². The van der Waals surface area contributed by atoms with Gasteiger partial charge in [-0.2, -0.15) is 0 Å². The molecule has 0 bridgehead atoms. The Hall–Kier alpha value is 2.11. The van der Waals surface area contributed by atoms with E-state index in [0.717, 1.165) is 19.3 Å². The van der Waals surface area contributed by atoms with Crippen molar-refractivity contribution >= 4 is 37.2 Å². The van der Waals surface area contributed by atoms with E-state index in [0.29, 0.717) is 6.42 Å². The minimum atomic E-state index is -4.08. The van der Waals surface area contributed by atoms with Gasteiger partial charge in [0.15, 0.2) is 0 Å². The molecule has 0 rings (SSSR count). The zero-order chi connectivity index (χ0) is 9.61. The molecule has 7 heteroatoms. The topological polar surface area (TPSA) is 86.4 Å². The molecule has 0 aromatic heterocycles. The van der Waals surface area contributed by atoms with Gasteiger partial charge >= 0.3 is 29.6 Å². The Morgan fingerprint density at radius 2 is 2.00 bits per heavy atom. The fraction of sp³-hybridized carbons (Fsp3) is 1.00. The van der Waals surface area contributed by atoms with Crippen molar-refractivity contribution in [3.63, 3.8) is 0 Å². The summed E-state index contributed by atoms with van der Waals surface area (Å²) >= 11 is 0. The smallest absolute Gasteiger partial charge is 0.779 e. The Labute approximate surface area is 130 Å². The van der Waals surface area contributed by atoms with Gasteiger partial charge < -0.3 is 20.1 Å². The minimum Gasteiger partial charge on any atom is -0.779 e. The quantitative estimate of drug-likeness (QED) is 0.384. The largest absolute Gasteiger partial charge is 1.00 e. The Balaban J connectivity index is -0.000000605. The van der Waals surface area contributed by atoms with Crippen LogP contribution in [-0.4, -0.2) is 46.7 Å². The zero-order valence-corrected chi connectivity index (χ0v) is 14.3. The molecule has 0 saturated heterocycles. The van der Waals surface area contributed by atoms with Gasteiger partial charge in [-0.3, -0.25) is 0 Å². The predicted octanol–water partition coefficient (Wildman–Crippen LogP) is -2.94. The molecule has 0 heterocycles. The summed E-state index contributed by atoms with van der Waals surface area (Å²) in [5.41, 5.74) is 5.60. The van der Waals surface area contributed by atoms with E-state index >= 15 is 0 Å². The van der Waals surface area contributed by atoms with Gasteiger partial charge in [0, 0.05) is 41.8 Å². The molecule has 0 spiro atoms. The molecule has 0 aliphatic rings. The summed E-state index contributed by atoms with van der Waals surface area (Å²) in [6.45, 7) is 2.05. The van der Waals surface area contributed by atoms with Gasteiger partial charge in [0.1, 0.15) is 7.60 Å². The fourth-order valence-electron chi connectivity index (χ4n) is 0.940. The molecule has 0 fully saturated rings. The summed E-state index contributed by atoms with van der Waals surface area (Å²) in [7, 11) is -4.08. The number of rotatable bonds is 6. The SMILES string of the molecule is CCCCC(N)CCP(=O)([O-])O.[Na+].[Na]. The summed E-state index contributed by atoms with van der Waals surface area (Å²) in [5, 5.41) is 0. The minimum absolute atomic E-state index is 0. The van der Waals surface area contributed by atoms with Crippen LogP contribution >= 0.6 is 7.60 Å². The van der Waals surface area contributed by atoms with Crippen molar-refractivity contribution in [2.24, 2.45) is 5.73 Å². The second kappa shape index (κ2) is 11.6. The molecule has 0 aliphatic carbocycles. The number of unbranched alkanes of at least 4 members (excludes halogenated alkanes) is 1. The van der Waals surface area contributed by atoms with E-state index in [1.54, 1.807) is 0 Å². The van der Waals surface area contributed by atoms with Crippen LogP contribution in [-0.2, 0) is 4.57 Å². The van der Waals surface area contributed by atoms with E-state index in [1.165, 1.54) is 0 Å². The van der Waals surface area contributed by atoms with Crippen LogP contribution < -0.4 is 40.2 Å². The Morgan fingerprint density at radius 1 is 1.50 bits per heavy atom. The average Bonchev–Trinajstić information content (AvgIpc) is 1.95. The summed E-state index contributed by atoms with van der Waals surface area (Å²) in [6, 6.07) is -0.0978. The first-order valence-corrected chi connectivity index (χ1v) is 6.00. The van der Waals surface area contributed by atoms with Crippen molar-refractivity contribution in [1.29, 1.82) is 0 Å². The maximum absolute atomic E-state index is 10.3. The van der Waals surface area contributed by atoms with Gasteiger partial charge in [-0.1, -0.05) is 19.8 Å². The van der Waals surface area contributed by atoms with Gasteiger partial charge in [-0.05, 0) is 12.8 Å². The molecule has 2 unspecified atom stereocenters. The Kier molecular flexibility index (Phi) is 17.7. The van der Waals surface area contributed by atoms with Crippen LogP contribution in [0, 0.1) is 0 Å². The van der Waals surface area contributed by atoms with Crippen LogP contribution in [0.4, 0.5) is 0 Å². The second-order valence-corrected chi connectivity index (χ2v) is 4.77. The second-order valence-electron chi connectivity index (χ2n) is 3.05. The fourth-order valence-corrected chi connectivity index (χ4v) is 1.60. The van der Waals surface area contributed by atoms with Crippen LogP contribution in [0.2, 0.25) is 0 Å². The van der Waals surface area contributed by atoms with E-state index in [-0.39, 0.29) is 71.3 Å². The first-order valence-electron chi connectivity index (χ1n) is 4.24. The number of hydrogen-bond donors (Lipinski definition) is 2. The first-order chi connectivity index (χ1) is 5.45. The third-order valence-electron chi connectivity index (χ3n) is 1.71. The molecule has 2 atom stereocenters. The number of hydrogen-bond acceptors (Lipinski definition) is 3. The van der Waals surface area contributed by atoms with E-state index < -0.39 is 7.60 Å². The van der Waals surface area contributed by atoms with Crippen molar-refractivity contribution in [3.05, 3.63) is 0 Å². The normalized spacial score (nSPS) is 16.0. The molecule has 0 aliphatic heterocycles. The molecule has 0 aromatic carbocycles. The molecule has 0 aromatic rings. The van der Waals surface area contributed by atoms with E-state index in [4.69, 9.17) is 10.6 Å². The van der Waals surface area contributed by atoms with Crippen molar-refractivity contribution in [3.8, 4) is 0 Å². The van der Waals surface area contributed by atoms with Crippen LogP contribution in [0.5, 0.6) is 0 Å². The summed E-state index contributed by atoms with van der Waals surface area (Å²) < 4.78 is 10.3. The van der Waals surface area contributed by atoms with Crippen LogP contribution in [0.15, 0.2) is 0 Å². The summed E-state index contributed by atoms with van der Waals surface area (Å²) in [6.07, 6.45) is 3.06. The first kappa shape index (κ1) is 21.4. The predicted molar refractivity (Wildman–Crippen MR) is 52.6 cm³/mol. The van der Waals surface area contributed by atoms with Crippen molar-refractivity contribution in [2.45, 2.75) is 38.6 Å². The molecule has 4 nitrogen and oxygen atoms in total. The maximum Gasteiger partial charge on any atom is 1.00 e. The zero-order valence-electron chi connectivity index (χ0n) is 9.40. The van der Waals surface area contributed by atoms with E-state index in [2.05, 4.69) is 6.92 Å². The molecule has 1 radical (unpaired) electrons. The summed E-state index contributed by atoms with van der Waals surface area (Å²) in [4.78, 5) is 18.8. The third-order valence-corrected chi connectivity index (χ3v) is 2.53. The average molecular weight is 240 g/mol. The van der Waals surface area contributed by atoms with E-state index in [1.807, 2.05) is 0 Å². The van der Waals surface area contributed by atoms with Gasteiger partial charge in [-0.15, -0.1) is 0 Å². The third kappa shape index (κ3) is 16.5.